The summed E-state index contributed by atoms with van der Waals surface area (Å²) < 4.78 is 0. The molecular weight excluding hydrogens is 482 g/mol. The number of hydrogen-bond acceptors (Lipinski definition) is 4. The Hall–Kier alpha value is -2.21. The number of carbonyl (C=O) groups excluding carboxylic acids is 1. The summed E-state index contributed by atoms with van der Waals surface area (Å²) in [5, 5.41) is 9.32. The fourth-order valence-corrected chi connectivity index (χ4v) is 6.04. The van der Waals surface area contributed by atoms with Crippen LogP contribution in [-0.4, -0.2) is 40.6 Å². The van der Waals surface area contributed by atoms with Crippen LogP contribution in [0.2, 0.25) is 5.02 Å². The van der Waals surface area contributed by atoms with E-state index in [1.807, 2.05) is 12.3 Å². The average molecular weight is 524 g/mol. The van der Waals surface area contributed by atoms with Crippen LogP contribution in [0.5, 0.6) is 0 Å². The first-order valence-corrected chi connectivity index (χ1v) is 14.6. The number of aryl methyl sites for hydroxylation is 2. The number of piperidine rings is 1. The second-order valence-corrected chi connectivity index (χ2v) is 11.0. The van der Waals surface area contributed by atoms with Gasteiger partial charge in [0.1, 0.15) is 0 Å². The highest BCUT2D eigenvalue weighted by atomic mass is 35.5. The summed E-state index contributed by atoms with van der Waals surface area (Å²) >= 11 is 6.36. The number of nitrogens with zero attached hydrogens (tertiary/aromatic N) is 2. The van der Waals surface area contributed by atoms with Crippen molar-refractivity contribution >= 4 is 23.1 Å². The lowest BCUT2D eigenvalue weighted by molar-refractivity contribution is -0.129. The number of pyridine rings is 1. The molecule has 2 aromatic rings. The number of benzene rings is 1. The fraction of sp³-hybridized carbons (Fsp3) is 0.548. The van der Waals surface area contributed by atoms with E-state index in [1.54, 1.807) is 11.1 Å². The molecule has 0 saturated carbocycles. The Labute approximate surface area is 227 Å². The Bertz CT molecular complexity index is 1060. The number of halogens is 1. The first-order valence-electron chi connectivity index (χ1n) is 14.3. The molecular formula is C31H42ClN3O2. The maximum atomic E-state index is 11.0. The van der Waals surface area contributed by atoms with Crippen molar-refractivity contribution in [2.75, 3.05) is 19.6 Å². The van der Waals surface area contributed by atoms with Crippen LogP contribution >= 0.6 is 11.6 Å². The molecule has 0 radical (unpaired) electrons. The second kappa shape index (κ2) is 14.7. The summed E-state index contributed by atoms with van der Waals surface area (Å²) in [6.07, 6.45) is 17.5. The molecule has 1 fully saturated rings. The van der Waals surface area contributed by atoms with E-state index >= 15 is 0 Å². The van der Waals surface area contributed by atoms with Crippen LogP contribution in [0.4, 0.5) is 0 Å². The minimum absolute atomic E-state index is 0.274. The summed E-state index contributed by atoms with van der Waals surface area (Å²) in [6.45, 7) is 3.48. The zero-order chi connectivity index (χ0) is 25.9. The summed E-state index contributed by atoms with van der Waals surface area (Å²) in [4.78, 5) is 18.5. The molecule has 37 heavy (non-hydrogen) atoms. The lowest BCUT2D eigenvalue weighted by Gasteiger charge is -2.30. The van der Waals surface area contributed by atoms with Crippen molar-refractivity contribution in [2.24, 2.45) is 0 Å². The second-order valence-electron chi connectivity index (χ2n) is 10.6. The third-order valence-electron chi connectivity index (χ3n) is 7.94. The van der Waals surface area contributed by atoms with E-state index in [1.165, 1.54) is 79.4 Å². The Balaban J connectivity index is 1.20. The van der Waals surface area contributed by atoms with Crippen molar-refractivity contribution in [2.45, 2.75) is 89.9 Å². The van der Waals surface area contributed by atoms with Crippen LogP contribution in [0, 0.1) is 0 Å². The number of rotatable bonds is 12. The molecule has 1 aliphatic carbocycles. The summed E-state index contributed by atoms with van der Waals surface area (Å²) in [6, 6.07) is 10.7. The number of hydroxylamine groups is 1. The van der Waals surface area contributed by atoms with Crippen molar-refractivity contribution in [3.8, 4) is 0 Å². The van der Waals surface area contributed by atoms with E-state index in [-0.39, 0.29) is 5.91 Å². The Morgan fingerprint density at radius 3 is 2.30 bits per heavy atom. The SMILES string of the molecule is O=C(CCCCCCCCCCCN1CCC(=C2c3ccc(Cl)cc3CCc3cccnc32)CC1)NO. The molecule has 1 aromatic carbocycles. The number of aromatic nitrogens is 1. The highest BCUT2D eigenvalue weighted by Gasteiger charge is 2.25. The predicted octanol–water partition coefficient (Wildman–Crippen LogP) is 7.14. The molecule has 0 spiro atoms. The fourth-order valence-electron chi connectivity index (χ4n) is 5.84. The molecule has 6 heteroatoms. The van der Waals surface area contributed by atoms with Gasteiger partial charge in [-0.15, -0.1) is 0 Å². The molecule has 1 saturated heterocycles. The molecule has 200 valence electrons. The molecule has 2 N–H and O–H groups in total. The minimum Gasteiger partial charge on any atom is -0.303 e. The zero-order valence-electron chi connectivity index (χ0n) is 22.1. The van der Waals surface area contributed by atoms with Crippen molar-refractivity contribution in [1.82, 2.24) is 15.4 Å². The number of likely N-dealkylation sites (tertiary alicyclic amines) is 1. The van der Waals surface area contributed by atoms with Gasteiger partial charge in [0.25, 0.3) is 0 Å². The lowest BCUT2D eigenvalue weighted by atomic mass is 9.88. The summed E-state index contributed by atoms with van der Waals surface area (Å²) in [5.74, 6) is -0.274. The van der Waals surface area contributed by atoms with Gasteiger partial charge in [-0.3, -0.25) is 15.0 Å². The molecule has 1 aromatic heterocycles. The summed E-state index contributed by atoms with van der Waals surface area (Å²) in [5.41, 5.74) is 9.85. The Kier molecular flexibility index (Phi) is 11.0. The topological polar surface area (TPSA) is 65.5 Å². The van der Waals surface area contributed by atoms with Crippen LogP contribution in [0.25, 0.3) is 5.57 Å². The van der Waals surface area contributed by atoms with E-state index in [4.69, 9.17) is 21.8 Å². The smallest absolute Gasteiger partial charge is 0.243 e. The van der Waals surface area contributed by atoms with Gasteiger partial charge in [-0.2, -0.15) is 0 Å². The third kappa shape index (κ3) is 8.13. The number of fused-ring (bicyclic) bond motifs is 2. The molecule has 2 heterocycles. The van der Waals surface area contributed by atoms with Gasteiger partial charge in [-0.1, -0.05) is 74.3 Å². The maximum Gasteiger partial charge on any atom is 0.243 e. The lowest BCUT2D eigenvalue weighted by Crippen LogP contribution is -2.32. The Morgan fingerprint density at radius 2 is 1.57 bits per heavy atom. The van der Waals surface area contributed by atoms with E-state index in [0.29, 0.717) is 6.42 Å². The van der Waals surface area contributed by atoms with Crippen molar-refractivity contribution in [1.29, 1.82) is 0 Å². The van der Waals surface area contributed by atoms with Crippen molar-refractivity contribution in [3.05, 3.63) is 69.5 Å². The standard InChI is InChI=1S/C31H42ClN3O2/c32-27-15-16-28-26(23-27)14-13-25-11-10-19-33-31(25)30(28)24-17-21-35(22-18-24)20-9-7-5-3-1-2-4-6-8-12-29(36)34-37/h10-11,15-16,19,23,37H,1-9,12-14,17-18,20-22H2,(H,34,36). The highest BCUT2D eigenvalue weighted by molar-refractivity contribution is 6.30. The molecule has 0 bridgehead atoms. The van der Waals surface area contributed by atoms with Crippen LogP contribution in [-0.2, 0) is 17.6 Å². The normalized spacial score (nSPS) is 15.7. The maximum absolute atomic E-state index is 11.0. The third-order valence-corrected chi connectivity index (χ3v) is 8.18. The molecule has 2 aliphatic rings. The molecule has 0 atom stereocenters. The molecule has 1 aliphatic heterocycles. The quantitative estimate of drug-likeness (QED) is 0.176. The van der Waals surface area contributed by atoms with Crippen LogP contribution in [0.15, 0.2) is 42.1 Å². The predicted molar refractivity (Wildman–Crippen MR) is 151 cm³/mol. The monoisotopic (exact) mass is 523 g/mol. The van der Waals surface area contributed by atoms with Gasteiger partial charge in [0.15, 0.2) is 0 Å². The molecule has 1 amide bonds. The average Bonchev–Trinajstić information content (AvgIpc) is 3.08. The van der Waals surface area contributed by atoms with Gasteiger partial charge in [0, 0.05) is 36.3 Å². The number of amides is 1. The van der Waals surface area contributed by atoms with Crippen LogP contribution < -0.4 is 5.48 Å². The van der Waals surface area contributed by atoms with E-state index in [0.717, 1.165) is 56.6 Å². The van der Waals surface area contributed by atoms with Gasteiger partial charge in [0.05, 0.1) is 5.69 Å². The van der Waals surface area contributed by atoms with E-state index < -0.39 is 0 Å². The molecule has 4 rings (SSSR count). The minimum atomic E-state index is -0.274. The van der Waals surface area contributed by atoms with Crippen LogP contribution in [0.1, 0.15) is 99.4 Å². The molecule has 0 unspecified atom stereocenters. The van der Waals surface area contributed by atoms with E-state index in [9.17, 15) is 4.79 Å². The van der Waals surface area contributed by atoms with Gasteiger partial charge in [0.2, 0.25) is 5.91 Å². The largest absolute Gasteiger partial charge is 0.303 e. The number of unbranched alkanes of at least 4 members (excludes halogenated alkanes) is 8. The van der Waals surface area contributed by atoms with Gasteiger partial charge in [-0.25, -0.2) is 5.48 Å². The first kappa shape index (κ1) is 27.8. The van der Waals surface area contributed by atoms with Gasteiger partial charge >= 0.3 is 0 Å². The highest BCUT2D eigenvalue weighted by Crippen LogP contribution is 2.38. The van der Waals surface area contributed by atoms with Crippen LogP contribution in [0.3, 0.4) is 0 Å². The van der Waals surface area contributed by atoms with Crippen molar-refractivity contribution < 1.29 is 10.0 Å². The van der Waals surface area contributed by atoms with Gasteiger partial charge < -0.3 is 4.90 Å². The van der Waals surface area contributed by atoms with E-state index in [2.05, 4.69) is 29.2 Å². The number of carbonyl (C=O) groups is 1. The first-order chi connectivity index (χ1) is 18.2. The van der Waals surface area contributed by atoms with Crippen molar-refractivity contribution in [3.63, 3.8) is 0 Å². The summed E-state index contributed by atoms with van der Waals surface area (Å²) in [7, 11) is 0. The Morgan fingerprint density at radius 1 is 0.892 bits per heavy atom. The number of hydrogen-bond donors (Lipinski definition) is 2. The zero-order valence-corrected chi connectivity index (χ0v) is 22.9. The number of nitrogens with one attached hydrogen (secondary N) is 1. The molecule has 5 nitrogen and oxygen atoms in total. The van der Waals surface area contributed by atoms with Gasteiger partial charge in [-0.05, 0) is 80.0 Å².